The van der Waals surface area contributed by atoms with Gasteiger partial charge in [-0.1, -0.05) is 41.6 Å². The molecule has 0 fully saturated rings. The third-order valence-electron chi connectivity index (χ3n) is 4.23. The van der Waals surface area contributed by atoms with Crippen LogP contribution in [0.1, 0.15) is 30.5 Å². The molecule has 2 aromatic carbocycles. The monoisotopic (exact) mass is 377 g/mol. The highest BCUT2D eigenvalue weighted by Gasteiger charge is 2.22. The van der Waals surface area contributed by atoms with Gasteiger partial charge in [-0.3, -0.25) is 0 Å². The first-order valence-corrected chi connectivity index (χ1v) is 9.17. The summed E-state index contributed by atoms with van der Waals surface area (Å²) >= 11 is 0. The second-order valence-electron chi connectivity index (χ2n) is 6.32. The van der Waals surface area contributed by atoms with Crippen molar-refractivity contribution < 1.29 is 19.1 Å². The predicted molar refractivity (Wildman–Crippen MR) is 109 cm³/mol. The lowest BCUT2D eigenvalue weighted by atomic mass is 10.0. The van der Waals surface area contributed by atoms with Gasteiger partial charge in [-0.2, -0.15) is 0 Å². The van der Waals surface area contributed by atoms with Crippen molar-refractivity contribution in [3.05, 3.63) is 77.4 Å². The molecule has 1 heterocycles. The first-order valence-electron chi connectivity index (χ1n) is 9.17. The fraction of sp³-hybridized carbons (Fsp3) is 0.217. The molecule has 0 aliphatic carbocycles. The smallest absolute Gasteiger partial charge is 0.367 e. The number of oxime groups is 1. The first-order chi connectivity index (χ1) is 13.6. The van der Waals surface area contributed by atoms with Crippen molar-refractivity contribution in [2.45, 2.75) is 26.9 Å². The Labute approximate surface area is 164 Å². The molecule has 0 atom stereocenters. The summed E-state index contributed by atoms with van der Waals surface area (Å²) in [5.41, 5.74) is 3.81. The fourth-order valence-electron chi connectivity index (χ4n) is 2.92. The van der Waals surface area contributed by atoms with E-state index < -0.39 is 5.97 Å². The van der Waals surface area contributed by atoms with Gasteiger partial charge in [0, 0.05) is 5.56 Å². The van der Waals surface area contributed by atoms with Gasteiger partial charge in [0.15, 0.2) is 11.5 Å². The van der Waals surface area contributed by atoms with Gasteiger partial charge >= 0.3 is 5.97 Å². The lowest BCUT2D eigenvalue weighted by molar-refractivity contribution is -0.136. The maximum Gasteiger partial charge on any atom is 0.367 e. The SMILES string of the molecule is C=CCc1cc(/C=C2\C(=O)ON=C2C)cc(OCC)c1OCc1ccccc1. The van der Waals surface area contributed by atoms with E-state index in [1.807, 2.05) is 55.5 Å². The summed E-state index contributed by atoms with van der Waals surface area (Å²) in [6, 6.07) is 13.8. The molecule has 0 radical (unpaired) electrons. The van der Waals surface area contributed by atoms with Crippen LogP contribution in [0.25, 0.3) is 6.08 Å². The molecule has 0 saturated heterocycles. The van der Waals surface area contributed by atoms with E-state index in [1.165, 1.54) is 0 Å². The molecule has 2 aromatic rings. The Morgan fingerprint density at radius 3 is 2.61 bits per heavy atom. The van der Waals surface area contributed by atoms with Crippen molar-refractivity contribution in [3.63, 3.8) is 0 Å². The van der Waals surface area contributed by atoms with Crippen LogP contribution in [0.3, 0.4) is 0 Å². The second kappa shape index (κ2) is 9.04. The van der Waals surface area contributed by atoms with Crippen molar-refractivity contribution in [2.75, 3.05) is 6.61 Å². The second-order valence-corrected chi connectivity index (χ2v) is 6.32. The van der Waals surface area contributed by atoms with E-state index in [4.69, 9.17) is 14.3 Å². The Kier molecular flexibility index (Phi) is 6.27. The zero-order valence-corrected chi connectivity index (χ0v) is 16.1. The fourth-order valence-corrected chi connectivity index (χ4v) is 2.92. The molecule has 0 spiro atoms. The van der Waals surface area contributed by atoms with Crippen LogP contribution in [0.5, 0.6) is 11.5 Å². The van der Waals surface area contributed by atoms with Gasteiger partial charge in [-0.15, -0.1) is 6.58 Å². The zero-order chi connectivity index (χ0) is 19.9. The predicted octanol–water partition coefficient (Wildman–Crippen LogP) is 4.71. The van der Waals surface area contributed by atoms with Gasteiger partial charge in [0.05, 0.1) is 17.9 Å². The van der Waals surface area contributed by atoms with Crippen LogP contribution in [0.2, 0.25) is 0 Å². The van der Waals surface area contributed by atoms with Crippen LogP contribution >= 0.6 is 0 Å². The number of benzene rings is 2. The molecule has 1 aliphatic rings. The number of rotatable bonds is 8. The summed E-state index contributed by atoms with van der Waals surface area (Å²) in [7, 11) is 0. The standard InChI is InChI=1S/C23H23NO4/c1-4-9-19-12-18(13-20-16(3)24-28-23(20)25)14-21(26-5-2)22(19)27-15-17-10-7-6-8-11-17/h4,6-8,10-14H,1,5,9,15H2,2-3H3/b20-13-. The summed E-state index contributed by atoms with van der Waals surface area (Å²) in [5, 5.41) is 3.72. The number of ether oxygens (including phenoxy) is 2. The highest BCUT2D eigenvalue weighted by atomic mass is 16.7. The van der Waals surface area contributed by atoms with E-state index in [0.717, 1.165) is 16.7 Å². The van der Waals surface area contributed by atoms with Crippen LogP contribution in [0, 0.1) is 0 Å². The van der Waals surface area contributed by atoms with E-state index in [0.29, 0.717) is 42.4 Å². The quantitative estimate of drug-likeness (QED) is 0.380. The van der Waals surface area contributed by atoms with Gasteiger partial charge in [-0.25, -0.2) is 4.79 Å². The number of nitrogens with zero attached hydrogens (tertiary/aromatic N) is 1. The first kappa shape index (κ1) is 19.4. The van der Waals surface area contributed by atoms with Crippen LogP contribution in [0.4, 0.5) is 0 Å². The molecule has 3 rings (SSSR count). The molecule has 0 unspecified atom stereocenters. The minimum absolute atomic E-state index is 0.434. The minimum atomic E-state index is -0.454. The molecule has 5 nitrogen and oxygen atoms in total. The average Bonchev–Trinajstić information content (AvgIpc) is 3.01. The third-order valence-corrected chi connectivity index (χ3v) is 4.23. The van der Waals surface area contributed by atoms with Crippen LogP contribution in [0.15, 0.2) is 65.8 Å². The molecule has 28 heavy (non-hydrogen) atoms. The summed E-state index contributed by atoms with van der Waals surface area (Å²) in [4.78, 5) is 16.6. The van der Waals surface area contributed by atoms with Gasteiger partial charge in [0.1, 0.15) is 6.61 Å². The summed E-state index contributed by atoms with van der Waals surface area (Å²) in [6.07, 6.45) is 4.18. The molecular weight excluding hydrogens is 354 g/mol. The highest BCUT2D eigenvalue weighted by molar-refractivity contribution is 6.24. The van der Waals surface area contributed by atoms with Crippen molar-refractivity contribution in [1.29, 1.82) is 0 Å². The third kappa shape index (κ3) is 4.49. The van der Waals surface area contributed by atoms with Crippen LogP contribution in [-0.4, -0.2) is 18.3 Å². The van der Waals surface area contributed by atoms with E-state index in [1.54, 1.807) is 13.0 Å². The van der Waals surface area contributed by atoms with Crippen molar-refractivity contribution >= 4 is 17.8 Å². The zero-order valence-electron chi connectivity index (χ0n) is 16.1. The number of hydrogen-bond donors (Lipinski definition) is 0. The molecule has 144 valence electrons. The van der Waals surface area contributed by atoms with Gasteiger partial charge < -0.3 is 14.3 Å². The highest BCUT2D eigenvalue weighted by Crippen LogP contribution is 2.35. The molecule has 1 aliphatic heterocycles. The number of allylic oxidation sites excluding steroid dienone is 1. The maximum absolute atomic E-state index is 11.9. The lowest BCUT2D eigenvalue weighted by Crippen LogP contribution is -2.04. The summed E-state index contributed by atoms with van der Waals surface area (Å²) < 4.78 is 12.0. The Bertz CT molecular complexity index is 929. The van der Waals surface area contributed by atoms with Gasteiger partial charge in [-0.05, 0) is 49.6 Å². The van der Waals surface area contributed by atoms with E-state index in [-0.39, 0.29) is 0 Å². The molecule has 0 aromatic heterocycles. The molecule has 0 bridgehead atoms. The Balaban J connectivity index is 1.98. The van der Waals surface area contributed by atoms with Crippen molar-refractivity contribution in [1.82, 2.24) is 0 Å². The number of hydrogen-bond acceptors (Lipinski definition) is 5. The van der Waals surface area contributed by atoms with Gasteiger partial charge in [0.2, 0.25) is 0 Å². The topological polar surface area (TPSA) is 57.1 Å². The van der Waals surface area contributed by atoms with E-state index in [2.05, 4.69) is 11.7 Å². The molecule has 0 amide bonds. The molecular formula is C23H23NO4. The summed E-state index contributed by atoms with van der Waals surface area (Å²) in [6.45, 7) is 8.43. The summed E-state index contributed by atoms with van der Waals surface area (Å²) in [5.74, 6) is 0.864. The maximum atomic E-state index is 11.9. The van der Waals surface area contributed by atoms with Gasteiger partial charge in [0.25, 0.3) is 0 Å². The van der Waals surface area contributed by atoms with Crippen LogP contribution in [-0.2, 0) is 22.7 Å². The molecule has 0 N–H and O–H groups in total. The van der Waals surface area contributed by atoms with Crippen molar-refractivity contribution in [2.24, 2.45) is 5.16 Å². The number of carbonyl (C=O) groups excluding carboxylic acids is 1. The van der Waals surface area contributed by atoms with E-state index >= 15 is 0 Å². The average molecular weight is 377 g/mol. The molecule has 0 saturated carbocycles. The largest absolute Gasteiger partial charge is 0.490 e. The number of carbonyl (C=O) groups is 1. The van der Waals surface area contributed by atoms with E-state index in [9.17, 15) is 4.79 Å². The lowest BCUT2D eigenvalue weighted by Gasteiger charge is -2.17. The van der Waals surface area contributed by atoms with Crippen molar-refractivity contribution in [3.8, 4) is 11.5 Å². The Morgan fingerprint density at radius 2 is 1.96 bits per heavy atom. The molecule has 5 heteroatoms. The minimum Gasteiger partial charge on any atom is -0.490 e. The normalized spacial score (nSPS) is 14.6. The van der Waals surface area contributed by atoms with Crippen LogP contribution < -0.4 is 9.47 Å². The Morgan fingerprint density at radius 1 is 1.18 bits per heavy atom. The Hall–Kier alpha value is -3.34.